The maximum Gasteiger partial charge on any atom is 0.410 e. The number of hydrogen-bond acceptors (Lipinski definition) is 8. The topological polar surface area (TPSA) is 106 Å². The van der Waals surface area contributed by atoms with Gasteiger partial charge in [0.2, 0.25) is 15.0 Å². The molecule has 5 heterocycles. The van der Waals surface area contributed by atoms with Gasteiger partial charge in [0.15, 0.2) is 5.82 Å². The van der Waals surface area contributed by atoms with E-state index in [1.807, 2.05) is 31.7 Å². The molecule has 0 saturated carbocycles. The number of amides is 1. The Hall–Kier alpha value is -4.15. The van der Waals surface area contributed by atoms with E-state index in [0.29, 0.717) is 62.8 Å². The van der Waals surface area contributed by atoms with Gasteiger partial charge in [-0.05, 0) is 74.0 Å². The number of piperazine rings is 1. The third kappa shape index (κ3) is 6.78. The summed E-state index contributed by atoms with van der Waals surface area (Å²) in [5.41, 5.74) is 4.78. The van der Waals surface area contributed by atoms with E-state index in [-0.39, 0.29) is 52.7 Å². The first kappa shape index (κ1) is 41.0. The highest BCUT2D eigenvalue weighted by atomic mass is 32.2. The molecule has 57 heavy (non-hydrogen) atoms. The molecule has 3 aliphatic rings. The van der Waals surface area contributed by atoms with Crippen LogP contribution in [0.5, 0.6) is 0 Å². The molecule has 2 aromatic carbocycles. The van der Waals surface area contributed by atoms with Gasteiger partial charge in [-0.25, -0.2) is 36.9 Å². The van der Waals surface area contributed by atoms with Gasteiger partial charge in [-0.1, -0.05) is 85.6 Å². The third-order valence-corrected chi connectivity index (χ3v) is 20.5. The van der Waals surface area contributed by atoms with Crippen LogP contribution >= 0.6 is 0 Å². The van der Waals surface area contributed by atoms with Gasteiger partial charge in [0, 0.05) is 17.5 Å². The minimum atomic E-state index is -4.00. The number of nitrogens with zero attached hydrogens (tertiary/aromatic N) is 5. The molecule has 0 aliphatic carbocycles. The van der Waals surface area contributed by atoms with Crippen LogP contribution in [0.3, 0.4) is 0 Å². The van der Waals surface area contributed by atoms with Crippen molar-refractivity contribution in [3.63, 3.8) is 0 Å². The fourth-order valence-electron chi connectivity index (χ4n) is 10.2. The van der Waals surface area contributed by atoms with E-state index < -0.39 is 40.3 Å². The minimum absolute atomic E-state index is 0.0506. The lowest BCUT2D eigenvalue weighted by atomic mass is 9.88. The normalized spacial score (nSPS) is 21.0. The molecule has 9 nitrogen and oxygen atoms in total. The average molecular weight is 816 g/mol. The Labute approximate surface area is 336 Å². The van der Waals surface area contributed by atoms with Crippen molar-refractivity contribution in [2.75, 3.05) is 17.2 Å². The molecule has 1 amide bonds. The van der Waals surface area contributed by atoms with Crippen molar-refractivity contribution < 1.29 is 26.7 Å². The molecule has 2 fully saturated rings. The number of anilines is 1. The first-order chi connectivity index (χ1) is 26.7. The van der Waals surface area contributed by atoms with Crippen LogP contribution in [0, 0.1) is 29.0 Å². The zero-order valence-electron chi connectivity index (χ0n) is 35.0. The summed E-state index contributed by atoms with van der Waals surface area (Å²) in [5, 5.41) is 1.02. The predicted octanol–water partition coefficient (Wildman–Crippen LogP) is 9.64. The van der Waals surface area contributed by atoms with E-state index in [0.717, 1.165) is 12.8 Å². The van der Waals surface area contributed by atoms with Gasteiger partial charge >= 0.3 is 6.09 Å². The maximum absolute atomic E-state index is 17.6. The van der Waals surface area contributed by atoms with Crippen molar-refractivity contribution in [2.24, 2.45) is 5.92 Å². The summed E-state index contributed by atoms with van der Waals surface area (Å²) in [4.78, 5) is 31.8. The molecule has 3 aliphatic heterocycles. The Morgan fingerprint density at radius 1 is 0.982 bits per heavy atom. The maximum atomic E-state index is 17.6. The second kappa shape index (κ2) is 14.6. The van der Waals surface area contributed by atoms with E-state index in [9.17, 15) is 13.2 Å². The highest BCUT2D eigenvalue weighted by Gasteiger charge is 2.53. The van der Waals surface area contributed by atoms with Crippen molar-refractivity contribution in [3.05, 3.63) is 53.2 Å². The largest absolute Gasteiger partial charge is 0.444 e. The lowest BCUT2D eigenvalue weighted by Crippen LogP contribution is -2.63. The highest BCUT2D eigenvalue weighted by molar-refractivity contribution is 7.91. The fourth-order valence-corrected chi connectivity index (χ4v) is 16.1. The zero-order chi connectivity index (χ0) is 41.5. The summed E-state index contributed by atoms with van der Waals surface area (Å²) < 4.78 is 66.7. The van der Waals surface area contributed by atoms with Crippen LogP contribution in [0.2, 0.25) is 16.6 Å². The summed E-state index contributed by atoms with van der Waals surface area (Å²) in [6.07, 6.45) is 1.47. The summed E-state index contributed by atoms with van der Waals surface area (Å²) in [5.74, 6) is 1.92. The van der Waals surface area contributed by atoms with Crippen LogP contribution in [0.25, 0.3) is 32.9 Å². The van der Waals surface area contributed by atoms with Gasteiger partial charge in [-0.15, -0.1) is 5.54 Å². The molecule has 7 rings (SSSR count). The van der Waals surface area contributed by atoms with E-state index in [1.54, 1.807) is 18.2 Å². The number of fused-ring (bicyclic) bond motifs is 6. The average Bonchev–Trinajstić information content (AvgIpc) is 3.38. The Morgan fingerprint density at radius 2 is 1.67 bits per heavy atom. The second-order valence-corrected chi connectivity index (χ2v) is 25.9. The number of ether oxygens (including phenoxy) is 1. The molecule has 2 saturated heterocycles. The number of pyridine rings is 1. The molecule has 2 aromatic heterocycles. The molecule has 304 valence electrons. The number of sulfone groups is 1. The van der Waals surface area contributed by atoms with Gasteiger partial charge in [-0.2, -0.15) is 0 Å². The number of benzene rings is 2. The van der Waals surface area contributed by atoms with Gasteiger partial charge in [0.1, 0.15) is 36.5 Å². The number of rotatable bonds is 6. The summed E-state index contributed by atoms with van der Waals surface area (Å²) in [6.45, 7) is 22.7. The number of halogens is 2. The number of hydrogen-bond donors (Lipinski definition) is 0. The molecule has 0 spiro atoms. The van der Waals surface area contributed by atoms with Crippen molar-refractivity contribution in [1.29, 1.82) is 0 Å². The van der Waals surface area contributed by atoms with Crippen LogP contribution < -0.4 is 4.90 Å². The molecular formula is C44H55F2N5O4SSi. The third-order valence-electron chi connectivity index (χ3n) is 12.7. The Kier molecular flexibility index (Phi) is 10.5. The molecule has 4 atom stereocenters. The van der Waals surface area contributed by atoms with Crippen molar-refractivity contribution in [2.45, 2.75) is 141 Å². The first-order valence-corrected chi connectivity index (χ1v) is 24.3. The molecular weight excluding hydrogens is 761 g/mol. The molecule has 0 radical (unpaired) electrons. The van der Waals surface area contributed by atoms with Crippen molar-refractivity contribution >= 4 is 51.5 Å². The Balaban J connectivity index is 1.48. The Bertz CT molecular complexity index is 2430. The van der Waals surface area contributed by atoms with Crippen LogP contribution in [0.4, 0.5) is 19.4 Å². The van der Waals surface area contributed by atoms with E-state index in [4.69, 9.17) is 14.7 Å². The smallest absolute Gasteiger partial charge is 0.410 e. The predicted molar refractivity (Wildman–Crippen MR) is 225 cm³/mol. The first-order valence-electron chi connectivity index (χ1n) is 20.4. The SMILES string of the molecule is CCS(=O)(=O)c1nc2c3c(nc(-c4cccc5ccc(F)c(C#C[Si](C(C)C)(C(C)C)C(C)C)c45)c(F)c3n1)C[C@@H](C)[C@@H]1[C@@H]3CC[C@H](CN21)N3C(=O)OC(C)(C)C. The van der Waals surface area contributed by atoms with Gasteiger partial charge in [0.25, 0.3) is 0 Å². The molecule has 13 heteroatoms. The monoisotopic (exact) mass is 815 g/mol. The highest BCUT2D eigenvalue weighted by Crippen LogP contribution is 2.47. The second-order valence-electron chi connectivity index (χ2n) is 18.2. The van der Waals surface area contributed by atoms with Crippen LogP contribution in [0.15, 0.2) is 35.5 Å². The molecule has 0 N–H and O–H groups in total. The fraction of sp³-hybridized carbons (Fsp3) is 0.545. The van der Waals surface area contributed by atoms with Crippen molar-refractivity contribution in [1.82, 2.24) is 19.9 Å². The lowest BCUT2D eigenvalue weighted by molar-refractivity contribution is 0.00491. The summed E-state index contributed by atoms with van der Waals surface area (Å²) in [7, 11) is -6.29. The molecule has 2 bridgehead atoms. The summed E-state index contributed by atoms with van der Waals surface area (Å²) >= 11 is 0. The number of carbonyl (C=O) groups is 1. The standard InChI is InChI=1S/C44H55F2N5O4SSi/c1-12-56(53,54)42-48-39-36-33(22-27(8)40-34-19-17-29(23-50(40)41(36)49-42)51(34)43(52)55-44(9,10)11)47-38(37(39)46)31-15-13-14-28-16-18-32(45)30(35(28)31)20-21-57(24(2)3,25(4)5)26(6)7/h13-16,18,24-27,29,34,40H,12,17,19,22-23H2,1-11H3/t27-,29-,34+,40-/m1/s1. The number of aromatic nitrogens is 3. The van der Waals surface area contributed by atoms with Crippen molar-refractivity contribution in [3.8, 4) is 22.7 Å². The minimum Gasteiger partial charge on any atom is -0.444 e. The molecule has 4 aromatic rings. The van der Waals surface area contributed by atoms with Crippen LogP contribution in [-0.2, 0) is 21.0 Å². The van der Waals surface area contributed by atoms with Gasteiger partial charge in [-0.3, -0.25) is 4.90 Å². The van der Waals surface area contributed by atoms with Gasteiger partial charge in [0.05, 0.1) is 40.5 Å². The van der Waals surface area contributed by atoms with Gasteiger partial charge < -0.3 is 9.64 Å². The van der Waals surface area contributed by atoms with E-state index in [1.165, 1.54) is 13.0 Å². The lowest BCUT2D eigenvalue weighted by Gasteiger charge is -2.49. The summed E-state index contributed by atoms with van der Waals surface area (Å²) in [6, 6.07) is 7.70. The van der Waals surface area contributed by atoms with Crippen LogP contribution in [-0.4, -0.2) is 78.5 Å². The molecule has 0 unspecified atom stereocenters. The van der Waals surface area contributed by atoms with E-state index in [2.05, 4.69) is 69.8 Å². The number of carbonyl (C=O) groups excluding carboxylic acids is 1. The quantitative estimate of drug-likeness (QED) is 0.108. The van der Waals surface area contributed by atoms with Crippen LogP contribution in [0.1, 0.15) is 100 Å². The zero-order valence-corrected chi connectivity index (χ0v) is 36.8. The Morgan fingerprint density at radius 3 is 2.30 bits per heavy atom. The van der Waals surface area contributed by atoms with E-state index >= 15 is 8.78 Å².